The molecule has 2 aliphatic heterocycles. The molecule has 0 radical (unpaired) electrons. The maximum absolute atomic E-state index is 13.0. The van der Waals surface area contributed by atoms with Gasteiger partial charge in [-0.3, -0.25) is 14.5 Å². The van der Waals surface area contributed by atoms with Crippen LogP contribution in [-0.4, -0.2) is 65.8 Å². The first-order valence-corrected chi connectivity index (χ1v) is 12.2. The topological polar surface area (TPSA) is 171 Å². The minimum Gasteiger partial charge on any atom is -0.477 e. The Morgan fingerprint density at radius 2 is 2.06 bits per heavy atom. The molecule has 4 rings (SSSR count). The third-order valence-corrected chi connectivity index (χ3v) is 7.64. The lowest BCUT2D eigenvalue weighted by atomic mass is 10.0. The van der Waals surface area contributed by atoms with Gasteiger partial charge in [0.1, 0.15) is 22.8 Å². The Kier molecular flexibility index (Phi) is 6.56. The molecule has 4 heterocycles. The largest absolute Gasteiger partial charge is 0.477 e. The molecule has 0 aromatic carbocycles. The van der Waals surface area contributed by atoms with Crippen LogP contribution in [0.1, 0.15) is 16.3 Å². The van der Waals surface area contributed by atoms with Gasteiger partial charge in [0.25, 0.3) is 11.8 Å². The van der Waals surface area contributed by atoms with E-state index in [-0.39, 0.29) is 27.0 Å². The van der Waals surface area contributed by atoms with Crippen molar-refractivity contribution in [2.75, 3.05) is 11.5 Å². The zero-order valence-electron chi connectivity index (χ0n) is 17.0. The smallest absolute Gasteiger partial charge is 0.434 e. The monoisotopic (exact) mass is 546 g/mol. The van der Waals surface area contributed by atoms with E-state index in [0.29, 0.717) is 0 Å². The van der Waals surface area contributed by atoms with Crippen LogP contribution < -0.4 is 11.1 Å². The zero-order valence-corrected chi connectivity index (χ0v) is 19.5. The summed E-state index contributed by atoms with van der Waals surface area (Å²) in [5.74, 6) is -3.08. The Balaban J connectivity index is 1.54. The lowest BCUT2D eigenvalue weighted by molar-refractivity contribution is -0.150. The number of carbonyl (C=O) groups excluding carboxylic acids is 2. The summed E-state index contributed by atoms with van der Waals surface area (Å²) in [6, 6.07) is -1.13. The van der Waals surface area contributed by atoms with Crippen LogP contribution in [0, 0.1) is 0 Å². The van der Waals surface area contributed by atoms with Gasteiger partial charge in [0, 0.05) is 11.1 Å². The van der Waals surface area contributed by atoms with Gasteiger partial charge in [0.05, 0.1) is 10.4 Å². The summed E-state index contributed by atoms with van der Waals surface area (Å²) >= 11 is 2.85. The molecule has 2 atom stereocenters. The summed E-state index contributed by atoms with van der Waals surface area (Å²) in [7, 11) is 0. The van der Waals surface area contributed by atoms with Crippen molar-refractivity contribution in [2.45, 2.75) is 17.6 Å². The third-order valence-electron chi connectivity index (χ3n) is 4.87. The lowest BCUT2D eigenvalue weighted by Gasteiger charge is -2.49. The van der Waals surface area contributed by atoms with Gasteiger partial charge in [0.2, 0.25) is 0 Å². The first-order chi connectivity index (χ1) is 16.5. The van der Waals surface area contributed by atoms with Gasteiger partial charge in [-0.15, -0.1) is 34.4 Å². The summed E-state index contributed by atoms with van der Waals surface area (Å²) in [5.41, 5.74) is 4.67. The van der Waals surface area contributed by atoms with Crippen LogP contribution in [0.2, 0.25) is 0 Å². The first-order valence-electron chi connectivity index (χ1n) is 9.37. The quantitative estimate of drug-likeness (QED) is 0.183. The molecular formula is C18H13F3N6O5S3. The van der Waals surface area contributed by atoms with Crippen molar-refractivity contribution < 1.29 is 37.9 Å². The third kappa shape index (κ3) is 4.61. The van der Waals surface area contributed by atoms with Crippen LogP contribution in [0.15, 0.2) is 33.4 Å². The summed E-state index contributed by atoms with van der Waals surface area (Å²) in [4.78, 5) is 45.1. The second-order valence-corrected chi connectivity index (χ2v) is 9.84. The number of hydrogen-bond donors (Lipinski definition) is 4. The number of nitrogens with two attached hydrogens (primary N) is 1. The number of β-lactam (4-membered cyclic amide) rings is 1. The van der Waals surface area contributed by atoms with Crippen LogP contribution in [0.4, 0.5) is 18.3 Å². The second kappa shape index (κ2) is 9.31. The molecule has 2 amide bonds. The number of thioether (sulfide) groups is 1. The van der Waals surface area contributed by atoms with Gasteiger partial charge in [-0.05, 0) is 11.6 Å². The van der Waals surface area contributed by atoms with Gasteiger partial charge < -0.3 is 21.4 Å². The molecule has 0 saturated carbocycles. The number of nitrogens with one attached hydrogen (secondary N) is 1. The first kappa shape index (κ1) is 24.7. The average Bonchev–Trinajstić information content (AvgIpc) is 3.44. The fourth-order valence-corrected chi connectivity index (χ4v) is 5.92. The van der Waals surface area contributed by atoms with Crippen molar-refractivity contribution in [3.05, 3.63) is 44.5 Å². The highest BCUT2D eigenvalue weighted by Crippen LogP contribution is 2.41. The van der Waals surface area contributed by atoms with Crippen molar-refractivity contribution in [2.24, 2.45) is 5.16 Å². The predicted octanol–water partition coefficient (Wildman–Crippen LogP) is 1.83. The van der Waals surface area contributed by atoms with Gasteiger partial charge in [-0.2, -0.15) is 13.2 Å². The molecule has 184 valence electrons. The number of nitrogens with zero attached hydrogens (tertiary/aromatic N) is 4. The molecule has 35 heavy (non-hydrogen) atoms. The number of carboxylic acid groups (broad SMARTS) is 1. The van der Waals surface area contributed by atoms with Crippen LogP contribution >= 0.6 is 34.4 Å². The number of fused-ring (bicyclic) bond motifs is 1. The Hall–Kier alpha value is -3.44. The molecule has 0 spiro atoms. The number of halogens is 3. The molecule has 17 heteroatoms. The van der Waals surface area contributed by atoms with E-state index in [0.717, 1.165) is 50.9 Å². The van der Waals surface area contributed by atoms with Crippen LogP contribution in [0.5, 0.6) is 0 Å². The minimum atomic E-state index is -4.67. The second-order valence-electron chi connectivity index (χ2n) is 6.96. The molecule has 2 aromatic heterocycles. The standard InChI is InChI=1S/C18H13F3N6O5S3/c19-18(20,21)12-8(35-5-23-12)2-1-6-3-33-15-10(14(29)27(15)11(6)16(30)31)25-13(28)9(26-32)7-4-34-17(22)24-7/h1-2,4-5,10,15,32H,3H2,(H2,22,24)(H,25,28)(H,30,31)/b2-1+,26-9+. The number of aliphatic carboxylic acids is 1. The molecule has 1 fully saturated rings. The van der Waals surface area contributed by atoms with E-state index in [9.17, 15) is 37.9 Å². The number of anilines is 1. The zero-order chi connectivity index (χ0) is 25.5. The van der Waals surface area contributed by atoms with Crippen molar-refractivity contribution >= 4 is 69.1 Å². The van der Waals surface area contributed by atoms with E-state index in [2.05, 4.69) is 20.4 Å². The molecule has 2 aliphatic rings. The molecule has 0 bridgehead atoms. The van der Waals surface area contributed by atoms with Crippen LogP contribution in [0.3, 0.4) is 0 Å². The Morgan fingerprint density at radius 1 is 1.31 bits per heavy atom. The number of carboxylic acids is 1. The fourth-order valence-electron chi connectivity index (χ4n) is 3.35. The minimum absolute atomic E-state index is 0.00716. The number of carbonyl (C=O) groups is 3. The van der Waals surface area contributed by atoms with Crippen molar-refractivity contribution in [1.29, 1.82) is 0 Å². The highest BCUT2D eigenvalue weighted by atomic mass is 32.2. The van der Waals surface area contributed by atoms with E-state index < -0.39 is 52.5 Å². The molecular weight excluding hydrogens is 533 g/mol. The number of oxime groups is 1. The Labute approximate surface area is 205 Å². The average molecular weight is 547 g/mol. The van der Waals surface area contributed by atoms with Crippen molar-refractivity contribution in [3.63, 3.8) is 0 Å². The van der Waals surface area contributed by atoms with Crippen molar-refractivity contribution in [3.8, 4) is 0 Å². The number of aromatic nitrogens is 2. The summed E-state index contributed by atoms with van der Waals surface area (Å²) in [6.07, 6.45) is -2.36. The van der Waals surface area contributed by atoms with E-state index in [1.54, 1.807) is 0 Å². The normalized spacial score (nSPS) is 20.7. The molecule has 0 aliphatic carbocycles. The van der Waals surface area contributed by atoms with Gasteiger partial charge in [-0.25, -0.2) is 14.8 Å². The highest BCUT2D eigenvalue weighted by molar-refractivity contribution is 8.00. The van der Waals surface area contributed by atoms with Gasteiger partial charge in [-0.1, -0.05) is 11.2 Å². The predicted molar refractivity (Wildman–Crippen MR) is 121 cm³/mol. The molecule has 2 aromatic rings. The number of hydrogen-bond acceptors (Lipinski definition) is 11. The van der Waals surface area contributed by atoms with E-state index in [1.807, 2.05) is 0 Å². The maximum Gasteiger partial charge on any atom is 0.434 e. The number of alkyl halides is 3. The number of amides is 2. The highest BCUT2D eigenvalue weighted by Gasteiger charge is 2.54. The number of thiazole rings is 2. The SMILES string of the molecule is Nc1nc(/C(=N\O)C(=O)NC2C(=O)N3C(C(=O)O)=C(/C=C/c4scnc4C(F)(F)F)CSC23)cs1. The number of rotatable bonds is 6. The van der Waals surface area contributed by atoms with Crippen LogP contribution in [-0.2, 0) is 20.6 Å². The Bertz CT molecular complexity index is 1300. The molecule has 2 unspecified atom stereocenters. The van der Waals surface area contributed by atoms with E-state index in [4.69, 9.17) is 5.73 Å². The summed E-state index contributed by atoms with van der Waals surface area (Å²) < 4.78 is 39.1. The van der Waals surface area contributed by atoms with Crippen molar-refractivity contribution in [1.82, 2.24) is 20.2 Å². The number of nitrogen functional groups attached to an aromatic ring is 1. The summed E-state index contributed by atoms with van der Waals surface area (Å²) in [5, 5.41) is 24.9. The molecule has 1 saturated heterocycles. The fraction of sp³-hybridized carbons (Fsp3) is 0.222. The van der Waals surface area contributed by atoms with Gasteiger partial charge >= 0.3 is 12.1 Å². The number of allylic oxidation sites excluding steroid dienone is 1. The maximum atomic E-state index is 13.0. The van der Waals surface area contributed by atoms with Gasteiger partial charge in [0.15, 0.2) is 16.5 Å². The van der Waals surface area contributed by atoms with E-state index >= 15 is 0 Å². The molecule has 11 nitrogen and oxygen atoms in total. The molecule has 5 N–H and O–H groups in total. The van der Waals surface area contributed by atoms with E-state index in [1.165, 1.54) is 11.5 Å². The lowest BCUT2D eigenvalue weighted by Crippen LogP contribution is -2.71. The Morgan fingerprint density at radius 3 is 2.66 bits per heavy atom. The summed E-state index contributed by atoms with van der Waals surface area (Å²) in [6.45, 7) is 0. The van der Waals surface area contributed by atoms with Crippen LogP contribution in [0.25, 0.3) is 6.08 Å².